The van der Waals surface area contributed by atoms with Gasteiger partial charge >= 0.3 is 0 Å². The molecule has 0 aliphatic heterocycles. The highest BCUT2D eigenvalue weighted by Crippen LogP contribution is 2.23. The van der Waals surface area contributed by atoms with Gasteiger partial charge in [0.05, 0.1) is 8.81 Å². The Kier molecular flexibility index (Phi) is 5.58. The number of halogens is 2. The smallest absolute Gasteiger partial charge is 0.242 e. The molecule has 0 atom stereocenters. The zero-order valence-electron chi connectivity index (χ0n) is 10.6. The summed E-state index contributed by atoms with van der Waals surface area (Å²) in [7, 11) is -3.64. The molecular weight excluding hydrogens is 400 g/mol. The highest BCUT2D eigenvalue weighted by molar-refractivity contribution is 9.11. The zero-order valence-corrected chi connectivity index (χ0v) is 14.6. The first-order valence-corrected chi connectivity index (χ1v) is 9.25. The van der Waals surface area contributed by atoms with Crippen molar-refractivity contribution in [1.29, 1.82) is 0 Å². The van der Waals surface area contributed by atoms with E-state index in [1.54, 1.807) is 11.3 Å². The minimum Gasteiger partial charge on any atom is -0.307 e. The first-order chi connectivity index (χ1) is 9.92. The van der Waals surface area contributed by atoms with Crippen LogP contribution in [-0.4, -0.2) is 19.9 Å². The van der Waals surface area contributed by atoms with Crippen LogP contribution in [-0.2, 0) is 16.4 Å². The van der Waals surface area contributed by atoms with Crippen molar-refractivity contribution >= 4 is 54.7 Å². The van der Waals surface area contributed by atoms with Gasteiger partial charge in [0.25, 0.3) is 0 Å². The number of hydrogen-bond donors (Lipinski definition) is 3. The van der Waals surface area contributed by atoms with E-state index in [-0.39, 0.29) is 15.7 Å². The quantitative estimate of drug-likeness (QED) is 0.501. The maximum absolute atomic E-state index is 12.1. The molecule has 10 heteroatoms. The van der Waals surface area contributed by atoms with Gasteiger partial charge in [0.15, 0.2) is 5.82 Å². The largest absolute Gasteiger partial charge is 0.307 e. The number of pyridine rings is 1. The molecule has 6 nitrogen and oxygen atoms in total. The lowest BCUT2D eigenvalue weighted by molar-refractivity contribution is 0.581. The fourth-order valence-corrected chi connectivity index (χ4v) is 4.32. The number of sulfonamides is 1. The van der Waals surface area contributed by atoms with Gasteiger partial charge < -0.3 is 5.43 Å². The third kappa shape index (κ3) is 4.38. The van der Waals surface area contributed by atoms with Crippen LogP contribution < -0.4 is 16.0 Å². The van der Waals surface area contributed by atoms with Crippen molar-refractivity contribution in [3.05, 3.63) is 38.1 Å². The molecule has 0 saturated carbocycles. The fraction of sp³-hybridized carbons (Fsp3) is 0.182. The maximum Gasteiger partial charge on any atom is 0.242 e. The molecular formula is C11H12BrClN4O2S2. The van der Waals surface area contributed by atoms with Crippen LogP contribution in [0.2, 0.25) is 5.02 Å². The first kappa shape index (κ1) is 16.7. The molecule has 0 amide bonds. The second kappa shape index (κ2) is 7.03. The summed E-state index contributed by atoms with van der Waals surface area (Å²) in [5, 5.41) is 0.141. The van der Waals surface area contributed by atoms with Crippen LogP contribution in [0.25, 0.3) is 0 Å². The normalized spacial score (nSPS) is 11.6. The highest BCUT2D eigenvalue weighted by atomic mass is 79.9. The second-order valence-electron chi connectivity index (χ2n) is 4.00. The molecule has 0 aliphatic carbocycles. The third-order valence-electron chi connectivity index (χ3n) is 2.56. The summed E-state index contributed by atoms with van der Waals surface area (Å²) < 4.78 is 27.8. The molecule has 114 valence electrons. The van der Waals surface area contributed by atoms with Gasteiger partial charge in [0, 0.05) is 17.6 Å². The first-order valence-electron chi connectivity index (χ1n) is 5.78. The predicted molar refractivity (Wildman–Crippen MR) is 88.0 cm³/mol. The maximum atomic E-state index is 12.1. The van der Waals surface area contributed by atoms with E-state index in [2.05, 4.69) is 31.1 Å². The van der Waals surface area contributed by atoms with E-state index in [4.69, 9.17) is 17.4 Å². The van der Waals surface area contributed by atoms with Gasteiger partial charge in [-0.3, -0.25) is 0 Å². The minimum absolute atomic E-state index is 0.00106. The molecule has 2 aromatic heterocycles. The molecule has 0 unspecified atom stereocenters. The average Bonchev–Trinajstić information content (AvgIpc) is 2.84. The van der Waals surface area contributed by atoms with Crippen LogP contribution in [0.4, 0.5) is 5.82 Å². The van der Waals surface area contributed by atoms with E-state index in [1.165, 1.54) is 12.3 Å². The lowest BCUT2D eigenvalue weighted by Crippen LogP contribution is -2.26. The van der Waals surface area contributed by atoms with Gasteiger partial charge in [-0.05, 0) is 40.5 Å². The van der Waals surface area contributed by atoms with E-state index < -0.39 is 10.0 Å². The molecule has 4 N–H and O–H groups in total. The van der Waals surface area contributed by atoms with Crippen molar-refractivity contribution in [2.75, 3.05) is 12.0 Å². The monoisotopic (exact) mass is 410 g/mol. The van der Waals surface area contributed by atoms with Crippen LogP contribution in [0.1, 0.15) is 4.88 Å². The van der Waals surface area contributed by atoms with E-state index >= 15 is 0 Å². The van der Waals surface area contributed by atoms with Crippen molar-refractivity contribution in [2.45, 2.75) is 11.3 Å². The van der Waals surface area contributed by atoms with Crippen LogP contribution in [0.15, 0.2) is 33.1 Å². The molecule has 0 aromatic carbocycles. The van der Waals surface area contributed by atoms with Crippen molar-refractivity contribution in [3.8, 4) is 0 Å². The summed E-state index contributed by atoms with van der Waals surface area (Å²) >= 11 is 10.8. The standard InChI is InChI=1S/C11H12BrClN4O2S2/c12-10-2-1-7(20-10)3-4-16-21(18,19)8-5-9(13)11(17-14)15-6-8/h1-2,5-6,16H,3-4,14H2,(H,15,17). The molecule has 0 aliphatic rings. The van der Waals surface area contributed by atoms with E-state index in [1.807, 2.05) is 12.1 Å². The van der Waals surface area contributed by atoms with Crippen LogP contribution in [0, 0.1) is 0 Å². The molecule has 0 spiro atoms. The van der Waals surface area contributed by atoms with E-state index in [0.717, 1.165) is 8.66 Å². The highest BCUT2D eigenvalue weighted by Gasteiger charge is 2.16. The van der Waals surface area contributed by atoms with Crippen LogP contribution in [0.3, 0.4) is 0 Å². The Labute approximate surface area is 139 Å². The molecule has 0 saturated heterocycles. The summed E-state index contributed by atoms with van der Waals surface area (Å²) in [5.41, 5.74) is 2.28. The molecule has 2 aromatic rings. The van der Waals surface area contributed by atoms with Crippen molar-refractivity contribution in [3.63, 3.8) is 0 Å². The fourth-order valence-electron chi connectivity index (χ4n) is 1.55. The van der Waals surface area contributed by atoms with Crippen LogP contribution in [0.5, 0.6) is 0 Å². The number of aromatic nitrogens is 1. The van der Waals surface area contributed by atoms with Gasteiger partial charge in [-0.1, -0.05) is 11.6 Å². The Morgan fingerprint density at radius 3 is 2.76 bits per heavy atom. The number of nitrogens with two attached hydrogens (primary N) is 1. The number of anilines is 1. The van der Waals surface area contributed by atoms with Gasteiger partial charge in [0.2, 0.25) is 10.0 Å². The Bertz CT molecular complexity index is 736. The van der Waals surface area contributed by atoms with Crippen molar-refractivity contribution < 1.29 is 8.42 Å². The number of thiophene rings is 1. The predicted octanol–water partition coefficient (Wildman–Crippen LogP) is 2.37. The molecule has 0 bridgehead atoms. The summed E-state index contributed by atoms with van der Waals surface area (Å²) in [6.07, 6.45) is 1.81. The number of nitrogens with zero attached hydrogens (tertiary/aromatic N) is 1. The lowest BCUT2D eigenvalue weighted by Gasteiger charge is -2.08. The molecule has 2 rings (SSSR count). The van der Waals surface area contributed by atoms with Gasteiger partial charge in [0.1, 0.15) is 4.90 Å². The van der Waals surface area contributed by atoms with Crippen molar-refractivity contribution in [1.82, 2.24) is 9.71 Å². The number of hydrogen-bond acceptors (Lipinski definition) is 6. The summed E-state index contributed by atoms with van der Waals surface area (Å²) in [6.45, 7) is 0.295. The van der Waals surface area contributed by atoms with Gasteiger partial charge in [-0.15, -0.1) is 11.3 Å². The van der Waals surface area contributed by atoms with Crippen LogP contribution >= 0.6 is 38.9 Å². The van der Waals surface area contributed by atoms with Gasteiger partial charge in [-0.25, -0.2) is 24.0 Å². The summed E-state index contributed by atoms with van der Waals surface area (Å²) in [4.78, 5) is 4.93. The number of nitrogen functional groups attached to an aromatic ring is 1. The molecule has 0 fully saturated rings. The number of rotatable bonds is 6. The number of hydrazine groups is 1. The number of nitrogens with one attached hydrogen (secondary N) is 2. The lowest BCUT2D eigenvalue weighted by atomic mass is 10.3. The van der Waals surface area contributed by atoms with Crippen molar-refractivity contribution in [2.24, 2.45) is 5.84 Å². The SMILES string of the molecule is NNc1ncc(S(=O)(=O)NCCc2ccc(Br)s2)cc1Cl. The Balaban J connectivity index is 2.02. The minimum atomic E-state index is -3.64. The molecule has 2 heterocycles. The zero-order chi connectivity index (χ0) is 15.5. The average molecular weight is 412 g/mol. The Hall–Kier alpha value is -0.710. The summed E-state index contributed by atoms with van der Waals surface area (Å²) in [6, 6.07) is 5.17. The second-order valence-corrected chi connectivity index (χ2v) is 8.72. The third-order valence-corrected chi connectivity index (χ3v) is 5.96. The van der Waals surface area contributed by atoms with E-state index in [9.17, 15) is 8.42 Å². The Morgan fingerprint density at radius 2 is 2.19 bits per heavy atom. The molecule has 0 radical (unpaired) electrons. The summed E-state index contributed by atoms with van der Waals surface area (Å²) in [5.74, 6) is 5.41. The van der Waals surface area contributed by atoms with Gasteiger partial charge in [-0.2, -0.15) is 0 Å². The molecule has 21 heavy (non-hydrogen) atoms. The Morgan fingerprint density at radius 1 is 1.43 bits per heavy atom. The topological polar surface area (TPSA) is 97.1 Å². The van der Waals surface area contributed by atoms with E-state index in [0.29, 0.717) is 13.0 Å².